The molecule has 3 heteroatoms. The van der Waals surface area contributed by atoms with Crippen LogP contribution in [0.1, 0.15) is 55.6 Å². The van der Waals surface area contributed by atoms with Crippen LogP contribution in [-0.2, 0) is 5.88 Å². The maximum absolute atomic E-state index is 14.5. The van der Waals surface area contributed by atoms with Crippen LogP contribution >= 0.6 is 11.6 Å². The summed E-state index contributed by atoms with van der Waals surface area (Å²) < 4.78 is 19.8. The Hall–Kier alpha value is -1.54. The van der Waals surface area contributed by atoms with E-state index in [1.807, 2.05) is 12.1 Å². The minimum Gasteiger partial charge on any atom is -0.497 e. The summed E-state index contributed by atoms with van der Waals surface area (Å²) in [4.78, 5) is 0. The highest BCUT2D eigenvalue weighted by atomic mass is 35.5. The summed E-state index contributed by atoms with van der Waals surface area (Å²) in [6, 6.07) is 11.2. The average molecular weight is 347 g/mol. The Morgan fingerprint density at radius 3 is 2.42 bits per heavy atom. The molecule has 0 aliphatic heterocycles. The number of ether oxygens (including phenoxy) is 1. The summed E-state index contributed by atoms with van der Waals surface area (Å²) in [6.07, 6.45) is 7.43. The number of halogens is 2. The fraction of sp³-hybridized carbons (Fsp3) is 0.429. The van der Waals surface area contributed by atoms with Crippen LogP contribution in [0.3, 0.4) is 0 Å². The topological polar surface area (TPSA) is 9.23 Å². The lowest BCUT2D eigenvalue weighted by molar-refractivity contribution is 0.414. The number of hydrogen-bond donors (Lipinski definition) is 0. The SMILES string of the molecule is COc1ccc(F)c(-c2ccc(CCl)cc2C2CCCCCC2)c1. The molecular formula is C21H24ClFO. The molecule has 0 amide bonds. The van der Waals surface area contributed by atoms with Gasteiger partial charge in [0.15, 0.2) is 0 Å². The van der Waals surface area contributed by atoms with Crippen molar-refractivity contribution in [2.75, 3.05) is 7.11 Å². The van der Waals surface area contributed by atoms with Crippen molar-refractivity contribution in [2.45, 2.75) is 50.3 Å². The van der Waals surface area contributed by atoms with Gasteiger partial charge in [-0.3, -0.25) is 0 Å². The zero-order valence-electron chi connectivity index (χ0n) is 14.2. The largest absolute Gasteiger partial charge is 0.497 e. The Morgan fingerprint density at radius 2 is 1.75 bits per heavy atom. The zero-order valence-corrected chi connectivity index (χ0v) is 14.9. The first-order chi connectivity index (χ1) is 11.7. The van der Waals surface area contributed by atoms with Gasteiger partial charge in [0.25, 0.3) is 0 Å². The number of alkyl halides is 1. The minimum absolute atomic E-state index is 0.204. The number of hydrogen-bond acceptors (Lipinski definition) is 1. The predicted octanol–water partition coefficient (Wildman–Crippen LogP) is 6.68. The normalized spacial score (nSPS) is 16.0. The zero-order chi connectivity index (χ0) is 16.9. The third-order valence-corrected chi connectivity index (χ3v) is 5.34. The van der Waals surface area contributed by atoms with Gasteiger partial charge in [0.1, 0.15) is 11.6 Å². The fourth-order valence-corrected chi connectivity index (χ4v) is 3.87. The fourth-order valence-electron chi connectivity index (χ4n) is 3.71. The van der Waals surface area contributed by atoms with Crippen LogP contribution < -0.4 is 4.74 Å². The Morgan fingerprint density at radius 1 is 1.00 bits per heavy atom. The molecule has 0 aromatic heterocycles. The first-order valence-corrected chi connectivity index (χ1v) is 9.29. The summed E-state index contributed by atoms with van der Waals surface area (Å²) in [7, 11) is 1.61. The van der Waals surface area contributed by atoms with E-state index in [-0.39, 0.29) is 5.82 Å². The van der Waals surface area contributed by atoms with E-state index < -0.39 is 0 Å². The molecule has 0 bridgehead atoms. The van der Waals surface area contributed by atoms with Gasteiger partial charge < -0.3 is 4.74 Å². The van der Waals surface area contributed by atoms with Crippen LogP contribution in [0.25, 0.3) is 11.1 Å². The Kier molecular flexibility index (Phi) is 5.78. The van der Waals surface area contributed by atoms with Crippen molar-refractivity contribution < 1.29 is 9.13 Å². The van der Waals surface area contributed by atoms with Gasteiger partial charge in [-0.1, -0.05) is 43.9 Å². The van der Waals surface area contributed by atoms with E-state index in [1.54, 1.807) is 19.2 Å². The van der Waals surface area contributed by atoms with Crippen LogP contribution in [0.15, 0.2) is 36.4 Å². The van der Waals surface area contributed by atoms with Gasteiger partial charge in [-0.05, 0) is 53.6 Å². The molecule has 1 fully saturated rings. The standard InChI is InChI=1S/C21H24ClFO/c1-24-17-9-11-21(23)20(13-17)18-10-8-15(14-22)12-19(18)16-6-4-2-3-5-7-16/h8-13,16H,2-7,14H2,1H3. The molecule has 0 N–H and O–H groups in total. The van der Waals surface area contributed by atoms with E-state index in [9.17, 15) is 4.39 Å². The molecule has 24 heavy (non-hydrogen) atoms. The number of benzene rings is 2. The minimum atomic E-state index is -0.204. The van der Waals surface area contributed by atoms with Crippen LogP contribution in [0.4, 0.5) is 4.39 Å². The maximum Gasteiger partial charge on any atom is 0.131 e. The molecule has 0 unspecified atom stereocenters. The number of methoxy groups -OCH3 is 1. The van der Waals surface area contributed by atoms with Crippen molar-refractivity contribution in [3.63, 3.8) is 0 Å². The van der Waals surface area contributed by atoms with Gasteiger partial charge in [-0.15, -0.1) is 11.6 Å². The van der Waals surface area contributed by atoms with Gasteiger partial charge in [0.05, 0.1) is 7.11 Å². The van der Waals surface area contributed by atoms with Crippen molar-refractivity contribution in [3.05, 3.63) is 53.3 Å². The maximum atomic E-state index is 14.5. The van der Waals surface area contributed by atoms with Gasteiger partial charge in [-0.2, -0.15) is 0 Å². The van der Waals surface area contributed by atoms with E-state index >= 15 is 0 Å². The summed E-state index contributed by atoms with van der Waals surface area (Å²) in [5, 5.41) is 0. The second kappa shape index (κ2) is 8.02. The molecule has 0 saturated heterocycles. The second-order valence-corrected chi connectivity index (χ2v) is 6.86. The predicted molar refractivity (Wildman–Crippen MR) is 98.4 cm³/mol. The quantitative estimate of drug-likeness (QED) is 0.443. The molecular weight excluding hydrogens is 323 g/mol. The molecule has 128 valence electrons. The first-order valence-electron chi connectivity index (χ1n) is 8.75. The smallest absolute Gasteiger partial charge is 0.131 e. The molecule has 1 aliphatic carbocycles. The highest BCUT2D eigenvalue weighted by Gasteiger charge is 2.20. The molecule has 1 nitrogen and oxygen atoms in total. The summed E-state index contributed by atoms with van der Waals surface area (Å²) >= 11 is 6.05. The lowest BCUT2D eigenvalue weighted by Crippen LogP contribution is -2.02. The lowest BCUT2D eigenvalue weighted by atomic mass is 9.85. The third-order valence-electron chi connectivity index (χ3n) is 5.03. The molecule has 0 heterocycles. The van der Waals surface area contributed by atoms with E-state index in [0.717, 1.165) is 11.1 Å². The van der Waals surface area contributed by atoms with Gasteiger partial charge in [0.2, 0.25) is 0 Å². The molecule has 0 radical (unpaired) electrons. The summed E-state index contributed by atoms with van der Waals surface area (Å²) in [5.74, 6) is 1.45. The average Bonchev–Trinajstić information content (AvgIpc) is 2.91. The van der Waals surface area contributed by atoms with Crippen molar-refractivity contribution in [1.29, 1.82) is 0 Å². The van der Waals surface area contributed by atoms with Gasteiger partial charge >= 0.3 is 0 Å². The van der Waals surface area contributed by atoms with Gasteiger partial charge in [0, 0.05) is 11.4 Å². The molecule has 0 atom stereocenters. The van der Waals surface area contributed by atoms with Crippen molar-refractivity contribution in [3.8, 4) is 16.9 Å². The van der Waals surface area contributed by atoms with Crippen LogP contribution in [0, 0.1) is 5.82 Å². The Labute approximate surface area is 148 Å². The highest BCUT2D eigenvalue weighted by Crippen LogP contribution is 2.39. The molecule has 2 aromatic carbocycles. The van der Waals surface area contributed by atoms with Gasteiger partial charge in [-0.25, -0.2) is 4.39 Å². The lowest BCUT2D eigenvalue weighted by Gasteiger charge is -2.20. The van der Waals surface area contributed by atoms with Crippen LogP contribution in [-0.4, -0.2) is 7.11 Å². The van der Waals surface area contributed by atoms with Crippen LogP contribution in [0.2, 0.25) is 0 Å². The molecule has 3 rings (SSSR count). The van der Waals surface area contributed by atoms with E-state index in [1.165, 1.54) is 50.2 Å². The van der Waals surface area contributed by atoms with E-state index in [4.69, 9.17) is 16.3 Å². The Bertz CT molecular complexity index is 690. The van der Waals surface area contributed by atoms with E-state index in [0.29, 0.717) is 23.1 Å². The summed E-state index contributed by atoms with van der Waals surface area (Å²) in [5.41, 5.74) is 3.94. The molecule has 2 aromatic rings. The Balaban J connectivity index is 2.09. The van der Waals surface area contributed by atoms with Crippen molar-refractivity contribution in [2.24, 2.45) is 0 Å². The van der Waals surface area contributed by atoms with Crippen LogP contribution in [0.5, 0.6) is 5.75 Å². The molecule has 0 spiro atoms. The van der Waals surface area contributed by atoms with E-state index in [2.05, 4.69) is 6.07 Å². The van der Waals surface area contributed by atoms with Crippen molar-refractivity contribution >= 4 is 11.6 Å². The van der Waals surface area contributed by atoms with Crippen molar-refractivity contribution in [1.82, 2.24) is 0 Å². The molecule has 1 saturated carbocycles. The summed E-state index contributed by atoms with van der Waals surface area (Å²) in [6.45, 7) is 0. The second-order valence-electron chi connectivity index (χ2n) is 6.59. The first kappa shape index (κ1) is 17.3. The third kappa shape index (κ3) is 3.75. The monoisotopic (exact) mass is 346 g/mol. The highest BCUT2D eigenvalue weighted by molar-refractivity contribution is 6.17. The molecule has 1 aliphatic rings. The number of rotatable bonds is 4.